The molecule has 4 bridgehead atoms. The summed E-state index contributed by atoms with van der Waals surface area (Å²) in [4.78, 5) is 28.4. The summed E-state index contributed by atoms with van der Waals surface area (Å²) >= 11 is 0. The van der Waals surface area contributed by atoms with E-state index in [4.69, 9.17) is 9.47 Å². The van der Waals surface area contributed by atoms with Gasteiger partial charge in [0.1, 0.15) is 5.75 Å². The summed E-state index contributed by atoms with van der Waals surface area (Å²) in [5.74, 6) is 1.24. The molecule has 1 saturated carbocycles. The van der Waals surface area contributed by atoms with E-state index < -0.39 is 0 Å². The van der Waals surface area contributed by atoms with Crippen molar-refractivity contribution in [2.45, 2.75) is 69.2 Å². The lowest BCUT2D eigenvalue weighted by molar-refractivity contribution is -0.127. The number of fused-ring (bicyclic) bond motifs is 5. The van der Waals surface area contributed by atoms with E-state index in [2.05, 4.69) is 15.5 Å². The van der Waals surface area contributed by atoms with E-state index in [-0.39, 0.29) is 36.1 Å². The van der Waals surface area contributed by atoms with E-state index in [9.17, 15) is 9.59 Å². The van der Waals surface area contributed by atoms with Crippen molar-refractivity contribution in [3.05, 3.63) is 29.8 Å². The van der Waals surface area contributed by atoms with Crippen LogP contribution >= 0.6 is 0 Å². The second kappa shape index (κ2) is 9.17. The summed E-state index contributed by atoms with van der Waals surface area (Å²) in [5.41, 5.74) is 0.554. The van der Waals surface area contributed by atoms with Crippen LogP contribution in [0, 0.1) is 5.92 Å². The fraction of sp³-hybridized carbons (Fsp3) is 0.667. The molecule has 1 aromatic rings. The molecule has 7 nitrogen and oxygen atoms in total. The Morgan fingerprint density at radius 3 is 2.74 bits per heavy atom. The van der Waals surface area contributed by atoms with Gasteiger partial charge in [-0.15, -0.1) is 0 Å². The minimum absolute atomic E-state index is 0.0433. The molecule has 1 aliphatic carbocycles. The summed E-state index contributed by atoms with van der Waals surface area (Å²) in [6, 6.07) is 7.18. The maximum Gasteiger partial charge on any atom is 0.255 e. The smallest absolute Gasteiger partial charge is 0.255 e. The van der Waals surface area contributed by atoms with Crippen LogP contribution in [0.15, 0.2) is 24.3 Å². The van der Waals surface area contributed by atoms with Gasteiger partial charge in [-0.05, 0) is 56.6 Å². The lowest BCUT2D eigenvalue weighted by atomic mass is 10.0. The first-order chi connectivity index (χ1) is 15.2. The number of para-hydroxylation sites is 1. The molecule has 0 spiro atoms. The molecular weight excluding hydrogens is 394 g/mol. The van der Waals surface area contributed by atoms with Crippen LogP contribution in [0.3, 0.4) is 0 Å². The highest BCUT2D eigenvalue weighted by Crippen LogP contribution is 2.33. The maximum atomic E-state index is 13.1. The molecule has 4 atom stereocenters. The highest BCUT2D eigenvalue weighted by molar-refractivity contribution is 5.97. The first kappa shape index (κ1) is 20.8. The van der Waals surface area contributed by atoms with Gasteiger partial charge in [0, 0.05) is 32.1 Å². The Labute approximate surface area is 183 Å². The fourth-order valence-electron chi connectivity index (χ4n) is 5.13. The second-order valence-corrected chi connectivity index (χ2v) is 9.51. The third-order valence-corrected chi connectivity index (χ3v) is 7.00. The predicted octanol–water partition coefficient (Wildman–Crippen LogP) is 2.11. The number of carbonyl (C=O) groups excluding carboxylic acids is 2. The molecule has 2 amide bonds. The third kappa shape index (κ3) is 5.04. The van der Waals surface area contributed by atoms with Crippen molar-refractivity contribution in [3.63, 3.8) is 0 Å². The minimum Gasteiger partial charge on any atom is -0.493 e. The average molecular weight is 428 g/mol. The molecule has 3 heterocycles. The Kier molecular flexibility index (Phi) is 6.14. The van der Waals surface area contributed by atoms with Crippen LogP contribution in [0.4, 0.5) is 0 Å². The summed E-state index contributed by atoms with van der Waals surface area (Å²) in [6.45, 7) is 2.72. The zero-order valence-electron chi connectivity index (χ0n) is 18.1. The van der Waals surface area contributed by atoms with Crippen LogP contribution in [-0.4, -0.2) is 67.2 Å². The predicted molar refractivity (Wildman–Crippen MR) is 116 cm³/mol. The zero-order valence-corrected chi connectivity index (χ0v) is 18.1. The zero-order chi connectivity index (χ0) is 21.2. The molecule has 3 fully saturated rings. The summed E-state index contributed by atoms with van der Waals surface area (Å²) in [6.07, 6.45) is 7.19. The standard InChI is InChI=1S/C24H33N3O4/c28-23-20-6-1-2-7-22(20)30-11-10-18-4-3-5-19(31-18)13-25-24(29)21-12-17(26-23)15-27(21)14-16-8-9-16/h1-2,6-7,16-19,21H,3-5,8-15H2,(H,25,29)(H,26,28)/t17-,18-,19-,21-/m0/s1. The number of ether oxygens (including phenoxy) is 2. The van der Waals surface area contributed by atoms with Crippen molar-refractivity contribution >= 4 is 11.8 Å². The van der Waals surface area contributed by atoms with Gasteiger partial charge >= 0.3 is 0 Å². The molecule has 0 unspecified atom stereocenters. The van der Waals surface area contributed by atoms with Crippen LogP contribution in [0.5, 0.6) is 5.75 Å². The maximum absolute atomic E-state index is 13.1. The topological polar surface area (TPSA) is 79.9 Å². The lowest BCUT2D eigenvalue weighted by Gasteiger charge is -2.31. The second-order valence-electron chi connectivity index (χ2n) is 9.51. The van der Waals surface area contributed by atoms with Gasteiger partial charge in [-0.2, -0.15) is 0 Å². The van der Waals surface area contributed by atoms with Crippen LogP contribution < -0.4 is 15.4 Å². The Morgan fingerprint density at radius 1 is 1.03 bits per heavy atom. The van der Waals surface area contributed by atoms with Crippen molar-refractivity contribution in [2.24, 2.45) is 5.92 Å². The molecular formula is C24H33N3O4. The first-order valence-electron chi connectivity index (χ1n) is 11.9. The van der Waals surface area contributed by atoms with Gasteiger partial charge in [0.05, 0.1) is 30.4 Å². The monoisotopic (exact) mass is 427 g/mol. The molecule has 4 aliphatic rings. The third-order valence-electron chi connectivity index (χ3n) is 7.00. The lowest BCUT2D eigenvalue weighted by Crippen LogP contribution is -2.47. The van der Waals surface area contributed by atoms with Gasteiger partial charge in [0.2, 0.25) is 5.91 Å². The number of hydrogen-bond donors (Lipinski definition) is 2. The molecule has 168 valence electrons. The Bertz CT molecular complexity index is 812. The van der Waals surface area contributed by atoms with E-state index in [1.165, 1.54) is 12.8 Å². The highest BCUT2D eigenvalue weighted by Gasteiger charge is 2.40. The molecule has 2 saturated heterocycles. The number of benzene rings is 1. The van der Waals surface area contributed by atoms with Crippen molar-refractivity contribution < 1.29 is 19.1 Å². The molecule has 3 aliphatic heterocycles. The number of carbonyl (C=O) groups is 2. The number of amides is 2. The van der Waals surface area contributed by atoms with Crippen molar-refractivity contribution in [2.75, 3.05) is 26.2 Å². The molecule has 2 N–H and O–H groups in total. The minimum atomic E-state index is -0.190. The van der Waals surface area contributed by atoms with Gasteiger partial charge < -0.3 is 20.1 Å². The Hall–Kier alpha value is -2.12. The summed E-state index contributed by atoms with van der Waals surface area (Å²) in [7, 11) is 0. The average Bonchev–Trinajstić information content (AvgIpc) is 3.50. The summed E-state index contributed by atoms with van der Waals surface area (Å²) in [5, 5.41) is 6.31. The van der Waals surface area contributed by atoms with Gasteiger partial charge in [-0.25, -0.2) is 0 Å². The van der Waals surface area contributed by atoms with Crippen molar-refractivity contribution in [3.8, 4) is 5.75 Å². The normalized spacial score (nSPS) is 32.5. The van der Waals surface area contributed by atoms with E-state index >= 15 is 0 Å². The van der Waals surface area contributed by atoms with Crippen LogP contribution in [0.25, 0.3) is 0 Å². The number of likely N-dealkylation sites (tertiary alicyclic amines) is 1. The Balaban J connectivity index is 1.36. The molecule has 7 heteroatoms. The number of nitrogens with one attached hydrogen (secondary N) is 2. The SMILES string of the molecule is O=C1N[C@H]2C[C@@H](C(=O)NC[C@@H]3CCC[C@@H](CCOc4ccccc41)O3)N(CC1CC1)C2. The largest absolute Gasteiger partial charge is 0.493 e. The van der Waals surface area contributed by atoms with E-state index in [0.29, 0.717) is 43.3 Å². The van der Waals surface area contributed by atoms with Crippen LogP contribution in [0.1, 0.15) is 55.3 Å². The molecule has 1 aromatic carbocycles. The van der Waals surface area contributed by atoms with Crippen LogP contribution in [0.2, 0.25) is 0 Å². The highest BCUT2D eigenvalue weighted by atomic mass is 16.5. The van der Waals surface area contributed by atoms with Gasteiger partial charge in [-0.3, -0.25) is 14.5 Å². The van der Waals surface area contributed by atoms with E-state index in [1.807, 2.05) is 24.3 Å². The Morgan fingerprint density at radius 2 is 1.87 bits per heavy atom. The first-order valence-corrected chi connectivity index (χ1v) is 11.9. The molecule has 0 radical (unpaired) electrons. The van der Waals surface area contributed by atoms with Gasteiger partial charge in [0.15, 0.2) is 0 Å². The van der Waals surface area contributed by atoms with Crippen molar-refractivity contribution in [1.29, 1.82) is 0 Å². The van der Waals surface area contributed by atoms with Crippen LogP contribution in [-0.2, 0) is 9.53 Å². The molecule has 31 heavy (non-hydrogen) atoms. The number of rotatable bonds is 2. The quantitative estimate of drug-likeness (QED) is 0.756. The van der Waals surface area contributed by atoms with Gasteiger partial charge in [0.25, 0.3) is 5.91 Å². The fourth-order valence-corrected chi connectivity index (χ4v) is 5.13. The van der Waals surface area contributed by atoms with E-state index in [0.717, 1.165) is 32.2 Å². The molecule has 0 aromatic heterocycles. The number of nitrogens with zero attached hydrogens (tertiary/aromatic N) is 1. The summed E-state index contributed by atoms with van der Waals surface area (Å²) < 4.78 is 12.2. The molecule has 5 rings (SSSR count). The number of hydrogen-bond acceptors (Lipinski definition) is 5. The van der Waals surface area contributed by atoms with Crippen molar-refractivity contribution in [1.82, 2.24) is 15.5 Å². The van der Waals surface area contributed by atoms with E-state index in [1.54, 1.807) is 0 Å². The van der Waals surface area contributed by atoms with Gasteiger partial charge in [-0.1, -0.05) is 12.1 Å².